The number of carbonyl (C=O) groups excluding carboxylic acids is 2. The number of ether oxygens (including phenoxy) is 2. The largest absolute Gasteiger partial charge is 0.472 e. The third-order valence-corrected chi connectivity index (χ3v) is 3.65. The molecular weight excluding hydrogens is 375 g/mol. The standard InChI is InChI=1S/C19H20ClFN2O4/c1-19(2,3)27-18(25)12-7-14(20)17(23-9-12)26-10-13-11(8-16(22)24)5-4-6-15(13)21/h4-7,9H,8,10H2,1-3H3,(H2,22,24). The molecule has 0 aliphatic rings. The van der Waals surface area contributed by atoms with E-state index in [0.29, 0.717) is 5.56 Å². The van der Waals surface area contributed by atoms with Gasteiger partial charge in [-0.05, 0) is 38.5 Å². The monoisotopic (exact) mass is 394 g/mol. The second-order valence-corrected chi connectivity index (χ2v) is 7.23. The predicted octanol–water partition coefficient (Wildman–Crippen LogP) is 3.44. The van der Waals surface area contributed by atoms with E-state index in [-0.39, 0.29) is 35.1 Å². The molecule has 1 aromatic heterocycles. The van der Waals surface area contributed by atoms with Crippen LogP contribution in [0.3, 0.4) is 0 Å². The van der Waals surface area contributed by atoms with Crippen LogP contribution in [0.4, 0.5) is 4.39 Å². The predicted molar refractivity (Wildman–Crippen MR) is 98.0 cm³/mol. The van der Waals surface area contributed by atoms with Crippen LogP contribution < -0.4 is 10.5 Å². The third-order valence-electron chi connectivity index (χ3n) is 3.38. The van der Waals surface area contributed by atoms with Gasteiger partial charge in [0.25, 0.3) is 0 Å². The fourth-order valence-electron chi connectivity index (χ4n) is 2.24. The molecule has 0 radical (unpaired) electrons. The van der Waals surface area contributed by atoms with Gasteiger partial charge in [-0.3, -0.25) is 4.79 Å². The van der Waals surface area contributed by atoms with Crippen molar-refractivity contribution in [1.29, 1.82) is 0 Å². The smallest absolute Gasteiger partial charge is 0.340 e. The van der Waals surface area contributed by atoms with Gasteiger partial charge in [-0.15, -0.1) is 0 Å². The van der Waals surface area contributed by atoms with Crippen LogP contribution in [0.15, 0.2) is 30.5 Å². The van der Waals surface area contributed by atoms with Crippen LogP contribution in [0, 0.1) is 5.82 Å². The Hall–Kier alpha value is -2.67. The molecular formula is C19H20ClFN2O4. The Kier molecular flexibility index (Phi) is 6.38. The summed E-state index contributed by atoms with van der Waals surface area (Å²) in [5.41, 5.74) is 5.31. The lowest BCUT2D eigenvalue weighted by atomic mass is 10.0. The molecule has 8 heteroatoms. The molecule has 0 spiro atoms. The summed E-state index contributed by atoms with van der Waals surface area (Å²) in [6.07, 6.45) is 1.15. The fourth-order valence-corrected chi connectivity index (χ4v) is 2.46. The number of hydrogen-bond donors (Lipinski definition) is 1. The Morgan fingerprint density at radius 2 is 2.00 bits per heavy atom. The van der Waals surface area contributed by atoms with Gasteiger partial charge < -0.3 is 15.2 Å². The van der Waals surface area contributed by atoms with Crippen LogP contribution >= 0.6 is 11.6 Å². The maximum absolute atomic E-state index is 14.1. The number of esters is 1. The highest BCUT2D eigenvalue weighted by molar-refractivity contribution is 6.32. The highest BCUT2D eigenvalue weighted by Gasteiger charge is 2.20. The lowest BCUT2D eigenvalue weighted by Gasteiger charge is -2.19. The van der Waals surface area contributed by atoms with E-state index in [1.165, 1.54) is 24.4 Å². The topological polar surface area (TPSA) is 91.5 Å². The number of aromatic nitrogens is 1. The van der Waals surface area contributed by atoms with Crippen LogP contribution in [0.1, 0.15) is 42.3 Å². The summed E-state index contributed by atoms with van der Waals surface area (Å²) in [4.78, 5) is 27.2. The van der Waals surface area contributed by atoms with Gasteiger partial charge in [-0.25, -0.2) is 14.2 Å². The van der Waals surface area contributed by atoms with Gasteiger partial charge in [0.15, 0.2) is 0 Å². The first-order valence-electron chi connectivity index (χ1n) is 8.13. The van der Waals surface area contributed by atoms with Crippen molar-refractivity contribution in [3.8, 4) is 5.88 Å². The molecule has 1 amide bonds. The van der Waals surface area contributed by atoms with Crippen molar-refractivity contribution < 1.29 is 23.5 Å². The van der Waals surface area contributed by atoms with Crippen molar-refractivity contribution in [2.24, 2.45) is 5.73 Å². The van der Waals surface area contributed by atoms with Crippen molar-refractivity contribution in [1.82, 2.24) is 4.98 Å². The maximum Gasteiger partial charge on any atom is 0.340 e. The summed E-state index contributed by atoms with van der Waals surface area (Å²) in [7, 11) is 0. The number of primary amides is 1. The van der Waals surface area contributed by atoms with E-state index in [9.17, 15) is 14.0 Å². The summed E-state index contributed by atoms with van der Waals surface area (Å²) in [5.74, 6) is -1.66. The Morgan fingerprint density at radius 1 is 1.30 bits per heavy atom. The molecule has 0 fully saturated rings. The zero-order chi connectivity index (χ0) is 20.2. The summed E-state index contributed by atoms with van der Waals surface area (Å²) in [6, 6.07) is 5.69. The SMILES string of the molecule is CC(C)(C)OC(=O)c1cnc(OCc2c(F)cccc2CC(N)=O)c(Cl)c1. The van der Waals surface area contributed by atoms with Gasteiger partial charge >= 0.3 is 5.97 Å². The number of amides is 1. The molecule has 2 rings (SSSR count). The Balaban J connectivity index is 2.16. The fraction of sp³-hybridized carbons (Fsp3) is 0.316. The van der Waals surface area contributed by atoms with Crippen molar-refractivity contribution in [2.45, 2.75) is 39.4 Å². The summed E-state index contributed by atoms with van der Waals surface area (Å²) < 4.78 is 24.8. The zero-order valence-corrected chi connectivity index (χ0v) is 16.0. The van der Waals surface area contributed by atoms with Crippen LogP contribution in [-0.4, -0.2) is 22.5 Å². The molecule has 0 bridgehead atoms. The quantitative estimate of drug-likeness (QED) is 0.758. The van der Waals surface area contributed by atoms with Crippen LogP contribution in [0.25, 0.3) is 0 Å². The minimum absolute atomic E-state index is 0.0252. The van der Waals surface area contributed by atoms with Crippen molar-refractivity contribution >= 4 is 23.5 Å². The Morgan fingerprint density at radius 3 is 2.59 bits per heavy atom. The first-order chi connectivity index (χ1) is 12.6. The normalized spacial score (nSPS) is 11.1. The van der Waals surface area contributed by atoms with Crippen LogP contribution in [-0.2, 0) is 22.6 Å². The summed E-state index contributed by atoms with van der Waals surface area (Å²) in [6.45, 7) is 5.04. The number of nitrogens with zero attached hydrogens (tertiary/aromatic N) is 1. The molecule has 0 unspecified atom stereocenters. The molecule has 1 heterocycles. The van der Waals surface area contributed by atoms with E-state index >= 15 is 0 Å². The van der Waals surface area contributed by atoms with Gasteiger partial charge in [0.2, 0.25) is 11.8 Å². The van der Waals surface area contributed by atoms with E-state index in [1.54, 1.807) is 26.8 Å². The van der Waals surface area contributed by atoms with Crippen molar-refractivity contribution in [3.63, 3.8) is 0 Å². The number of halogens is 2. The van der Waals surface area contributed by atoms with E-state index in [4.69, 9.17) is 26.8 Å². The molecule has 1 aromatic carbocycles. The molecule has 0 atom stereocenters. The minimum atomic E-state index is -0.652. The lowest BCUT2D eigenvalue weighted by Crippen LogP contribution is -2.24. The van der Waals surface area contributed by atoms with Crippen molar-refractivity contribution in [2.75, 3.05) is 0 Å². The Bertz CT molecular complexity index is 865. The highest BCUT2D eigenvalue weighted by atomic mass is 35.5. The number of nitrogens with two attached hydrogens (primary N) is 1. The summed E-state index contributed by atoms with van der Waals surface area (Å²) >= 11 is 6.11. The molecule has 0 saturated carbocycles. The number of pyridine rings is 1. The van der Waals surface area contributed by atoms with E-state index in [2.05, 4.69) is 4.98 Å². The van der Waals surface area contributed by atoms with Gasteiger partial charge in [0.1, 0.15) is 23.0 Å². The average Bonchev–Trinajstić information content (AvgIpc) is 2.53. The van der Waals surface area contributed by atoms with Gasteiger partial charge in [0.05, 0.1) is 12.0 Å². The number of hydrogen-bond acceptors (Lipinski definition) is 5. The highest BCUT2D eigenvalue weighted by Crippen LogP contribution is 2.25. The van der Waals surface area contributed by atoms with Gasteiger partial charge in [0, 0.05) is 11.8 Å². The maximum atomic E-state index is 14.1. The third kappa shape index (κ3) is 5.92. The second-order valence-electron chi connectivity index (χ2n) is 6.82. The molecule has 6 nitrogen and oxygen atoms in total. The van der Waals surface area contributed by atoms with E-state index < -0.39 is 23.3 Å². The van der Waals surface area contributed by atoms with Crippen molar-refractivity contribution in [3.05, 3.63) is 58.0 Å². The zero-order valence-electron chi connectivity index (χ0n) is 15.2. The number of benzene rings is 1. The lowest BCUT2D eigenvalue weighted by molar-refractivity contribution is -0.117. The van der Waals surface area contributed by atoms with Crippen LogP contribution in [0.5, 0.6) is 5.88 Å². The number of carbonyl (C=O) groups is 2. The molecule has 0 aliphatic heterocycles. The van der Waals surface area contributed by atoms with Gasteiger partial charge in [-0.1, -0.05) is 23.7 Å². The second kappa shape index (κ2) is 8.35. The number of rotatable bonds is 6. The molecule has 2 N–H and O–H groups in total. The molecule has 0 aliphatic carbocycles. The molecule has 27 heavy (non-hydrogen) atoms. The summed E-state index contributed by atoms with van der Waals surface area (Å²) in [5, 5.41) is 0.0751. The first kappa shape index (κ1) is 20.6. The average molecular weight is 395 g/mol. The molecule has 0 saturated heterocycles. The minimum Gasteiger partial charge on any atom is -0.472 e. The van der Waals surface area contributed by atoms with E-state index in [0.717, 1.165) is 0 Å². The molecule has 2 aromatic rings. The van der Waals surface area contributed by atoms with Gasteiger partial charge in [-0.2, -0.15) is 0 Å². The Labute approximate surface area is 161 Å². The first-order valence-corrected chi connectivity index (χ1v) is 8.51. The van der Waals surface area contributed by atoms with Crippen LogP contribution in [0.2, 0.25) is 5.02 Å². The molecule has 144 valence electrons. The van der Waals surface area contributed by atoms with E-state index in [1.807, 2.05) is 0 Å².